The number of unbranched alkanes of at least 4 members (excludes halogenated alkanes) is 1. The highest BCUT2D eigenvalue weighted by molar-refractivity contribution is 5.81. The summed E-state index contributed by atoms with van der Waals surface area (Å²) < 4.78 is 0. The number of hydrogen-bond acceptors (Lipinski definition) is 2. The first-order valence-electron chi connectivity index (χ1n) is 7.25. The van der Waals surface area contributed by atoms with Crippen molar-refractivity contribution in [2.24, 2.45) is 11.7 Å². The first-order valence-corrected chi connectivity index (χ1v) is 7.25. The Labute approximate surface area is 106 Å². The second kappa shape index (κ2) is 7.70. The maximum absolute atomic E-state index is 11.9. The van der Waals surface area contributed by atoms with Crippen LogP contribution in [0.3, 0.4) is 0 Å². The number of nitrogens with one attached hydrogen (secondary N) is 1. The molecule has 0 aromatic heterocycles. The highest BCUT2D eigenvalue weighted by Gasteiger charge is 2.26. The molecule has 0 aromatic carbocycles. The largest absolute Gasteiger partial charge is 0.352 e. The fourth-order valence-corrected chi connectivity index (χ4v) is 2.73. The van der Waals surface area contributed by atoms with E-state index in [1.807, 2.05) is 0 Å². The van der Waals surface area contributed by atoms with E-state index in [-0.39, 0.29) is 11.9 Å². The molecule has 0 aliphatic heterocycles. The first kappa shape index (κ1) is 14.5. The molecule has 3 nitrogen and oxygen atoms in total. The van der Waals surface area contributed by atoms with Gasteiger partial charge in [0.1, 0.15) is 0 Å². The van der Waals surface area contributed by atoms with Gasteiger partial charge in [-0.15, -0.1) is 0 Å². The average Bonchev–Trinajstić information content (AvgIpc) is 2.36. The molecule has 0 heterocycles. The lowest BCUT2D eigenvalue weighted by Crippen LogP contribution is -2.48. The Kier molecular flexibility index (Phi) is 6.56. The topological polar surface area (TPSA) is 55.1 Å². The van der Waals surface area contributed by atoms with Crippen molar-refractivity contribution in [3.8, 4) is 0 Å². The average molecular weight is 240 g/mol. The smallest absolute Gasteiger partial charge is 0.237 e. The molecule has 1 aliphatic carbocycles. The molecule has 1 amide bonds. The molecule has 3 atom stereocenters. The maximum atomic E-state index is 11.9. The third-order valence-electron chi connectivity index (χ3n) is 3.97. The zero-order valence-electron chi connectivity index (χ0n) is 11.4. The van der Waals surface area contributed by atoms with Crippen LogP contribution in [-0.4, -0.2) is 18.0 Å². The van der Waals surface area contributed by atoms with E-state index in [9.17, 15) is 4.79 Å². The van der Waals surface area contributed by atoms with Gasteiger partial charge in [0, 0.05) is 6.04 Å². The summed E-state index contributed by atoms with van der Waals surface area (Å²) in [5.74, 6) is 0.717. The Bertz CT molecular complexity index is 230. The van der Waals surface area contributed by atoms with Gasteiger partial charge in [-0.1, -0.05) is 46.0 Å². The van der Waals surface area contributed by atoms with Gasteiger partial charge >= 0.3 is 0 Å². The van der Waals surface area contributed by atoms with Crippen LogP contribution in [0.1, 0.15) is 65.2 Å². The van der Waals surface area contributed by atoms with Gasteiger partial charge in [0.2, 0.25) is 5.91 Å². The van der Waals surface area contributed by atoms with Crippen molar-refractivity contribution in [3.63, 3.8) is 0 Å². The molecule has 0 aromatic rings. The van der Waals surface area contributed by atoms with Crippen LogP contribution in [0, 0.1) is 5.92 Å². The minimum atomic E-state index is -0.311. The van der Waals surface area contributed by atoms with Crippen molar-refractivity contribution in [1.29, 1.82) is 0 Å². The normalized spacial score (nSPS) is 26.5. The predicted molar refractivity (Wildman–Crippen MR) is 71.7 cm³/mol. The van der Waals surface area contributed by atoms with Gasteiger partial charge in [0.15, 0.2) is 0 Å². The lowest BCUT2D eigenvalue weighted by atomic mass is 9.82. The van der Waals surface area contributed by atoms with Crippen molar-refractivity contribution >= 4 is 5.91 Å². The van der Waals surface area contributed by atoms with E-state index in [4.69, 9.17) is 5.73 Å². The molecule has 3 unspecified atom stereocenters. The Morgan fingerprint density at radius 3 is 2.71 bits per heavy atom. The summed E-state index contributed by atoms with van der Waals surface area (Å²) >= 11 is 0. The summed E-state index contributed by atoms with van der Waals surface area (Å²) in [6, 6.07) is 0.0586. The van der Waals surface area contributed by atoms with E-state index >= 15 is 0 Å². The van der Waals surface area contributed by atoms with Gasteiger partial charge in [0.05, 0.1) is 6.04 Å². The van der Waals surface area contributed by atoms with Gasteiger partial charge in [-0.05, 0) is 25.2 Å². The zero-order valence-corrected chi connectivity index (χ0v) is 11.4. The van der Waals surface area contributed by atoms with Crippen LogP contribution in [0.5, 0.6) is 0 Å². The standard InChI is InChI=1S/C14H28N2O/c1-3-5-9-12(15)14(17)16-13-10-7-6-8-11(13)4-2/h11-13H,3-10,15H2,1-2H3,(H,16,17). The van der Waals surface area contributed by atoms with Crippen molar-refractivity contribution < 1.29 is 4.79 Å². The zero-order chi connectivity index (χ0) is 12.7. The van der Waals surface area contributed by atoms with Gasteiger partial charge in [-0.3, -0.25) is 4.79 Å². The highest BCUT2D eigenvalue weighted by atomic mass is 16.2. The van der Waals surface area contributed by atoms with Crippen molar-refractivity contribution in [2.75, 3.05) is 0 Å². The van der Waals surface area contributed by atoms with Gasteiger partial charge in [-0.2, -0.15) is 0 Å². The fraction of sp³-hybridized carbons (Fsp3) is 0.929. The molecule has 0 bridgehead atoms. The maximum Gasteiger partial charge on any atom is 0.237 e. The van der Waals surface area contributed by atoms with Crippen molar-refractivity contribution in [2.45, 2.75) is 77.3 Å². The number of nitrogens with two attached hydrogens (primary N) is 1. The van der Waals surface area contributed by atoms with Crippen LogP contribution in [0.25, 0.3) is 0 Å². The summed E-state index contributed by atoms with van der Waals surface area (Å²) in [5.41, 5.74) is 5.90. The molecule has 3 heteroatoms. The molecule has 0 radical (unpaired) electrons. The number of hydrogen-bond donors (Lipinski definition) is 2. The van der Waals surface area contributed by atoms with E-state index in [1.165, 1.54) is 19.3 Å². The van der Waals surface area contributed by atoms with Crippen LogP contribution in [0.4, 0.5) is 0 Å². The van der Waals surface area contributed by atoms with E-state index in [0.29, 0.717) is 12.0 Å². The molecule has 1 rings (SSSR count). The van der Waals surface area contributed by atoms with Crippen LogP contribution in [0.15, 0.2) is 0 Å². The summed E-state index contributed by atoms with van der Waals surface area (Å²) in [6.45, 7) is 4.34. The van der Waals surface area contributed by atoms with Crippen LogP contribution >= 0.6 is 0 Å². The minimum Gasteiger partial charge on any atom is -0.352 e. The van der Waals surface area contributed by atoms with Crippen LogP contribution < -0.4 is 11.1 Å². The highest BCUT2D eigenvalue weighted by Crippen LogP contribution is 2.26. The van der Waals surface area contributed by atoms with Crippen LogP contribution in [-0.2, 0) is 4.79 Å². The van der Waals surface area contributed by atoms with Gasteiger partial charge in [-0.25, -0.2) is 0 Å². The van der Waals surface area contributed by atoms with Gasteiger partial charge in [0.25, 0.3) is 0 Å². The molecule has 1 fully saturated rings. The quantitative estimate of drug-likeness (QED) is 0.750. The van der Waals surface area contributed by atoms with Crippen molar-refractivity contribution in [3.05, 3.63) is 0 Å². The lowest BCUT2D eigenvalue weighted by Gasteiger charge is -2.32. The number of carbonyl (C=O) groups is 1. The minimum absolute atomic E-state index is 0.0591. The SMILES string of the molecule is CCCCC(N)C(=O)NC1CCCCC1CC. The Hall–Kier alpha value is -0.570. The Balaban J connectivity index is 2.37. The van der Waals surface area contributed by atoms with Crippen LogP contribution in [0.2, 0.25) is 0 Å². The molecule has 1 saturated carbocycles. The van der Waals surface area contributed by atoms with E-state index in [0.717, 1.165) is 32.1 Å². The first-order chi connectivity index (χ1) is 8.19. The number of rotatable bonds is 6. The Morgan fingerprint density at radius 2 is 2.06 bits per heavy atom. The van der Waals surface area contributed by atoms with E-state index in [2.05, 4.69) is 19.2 Å². The molecular formula is C14H28N2O. The summed E-state index contributed by atoms with van der Waals surface area (Å²) in [7, 11) is 0. The number of amides is 1. The number of carbonyl (C=O) groups excluding carboxylic acids is 1. The molecule has 17 heavy (non-hydrogen) atoms. The molecule has 0 saturated heterocycles. The second-order valence-electron chi connectivity index (χ2n) is 5.32. The summed E-state index contributed by atoms with van der Waals surface area (Å²) in [4.78, 5) is 11.9. The Morgan fingerprint density at radius 1 is 1.35 bits per heavy atom. The molecule has 3 N–H and O–H groups in total. The molecular weight excluding hydrogens is 212 g/mol. The molecule has 0 spiro atoms. The third kappa shape index (κ3) is 4.66. The third-order valence-corrected chi connectivity index (χ3v) is 3.97. The lowest BCUT2D eigenvalue weighted by molar-refractivity contribution is -0.123. The predicted octanol–water partition coefficient (Wildman–Crippen LogP) is 2.59. The summed E-state index contributed by atoms with van der Waals surface area (Å²) in [5, 5.41) is 3.16. The second-order valence-corrected chi connectivity index (χ2v) is 5.32. The molecule has 100 valence electrons. The molecule has 1 aliphatic rings. The van der Waals surface area contributed by atoms with Crippen molar-refractivity contribution in [1.82, 2.24) is 5.32 Å². The monoisotopic (exact) mass is 240 g/mol. The summed E-state index contributed by atoms with van der Waals surface area (Å²) in [6.07, 6.45) is 9.05. The van der Waals surface area contributed by atoms with Gasteiger partial charge < -0.3 is 11.1 Å². The van der Waals surface area contributed by atoms with E-state index in [1.54, 1.807) is 0 Å². The fourth-order valence-electron chi connectivity index (χ4n) is 2.73. The van der Waals surface area contributed by atoms with E-state index < -0.39 is 0 Å².